The van der Waals surface area contributed by atoms with E-state index >= 15 is 0 Å². The molecule has 0 bridgehead atoms. The number of carbonyl (C=O) groups is 1. The van der Waals surface area contributed by atoms with E-state index in [9.17, 15) is 9.90 Å². The molecular weight excluding hydrogens is 254 g/mol. The van der Waals surface area contributed by atoms with Crippen molar-refractivity contribution in [3.05, 3.63) is 23.0 Å². The van der Waals surface area contributed by atoms with Crippen LogP contribution in [0.3, 0.4) is 0 Å². The fraction of sp³-hybridized carbons (Fsp3) is 0.600. The van der Waals surface area contributed by atoms with Crippen LogP contribution in [0.1, 0.15) is 41.5 Å². The van der Waals surface area contributed by atoms with E-state index < -0.39 is 5.97 Å². The van der Waals surface area contributed by atoms with Crippen molar-refractivity contribution in [1.29, 1.82) is 0 Å². The number of aromatic carboxylic acids is 1. The van der Waals surface area contributed by atoms with E-state index in [2.05, 4.69) is 22.1 Å². The maximum atomic E-state index is 11.4. The number of nitrogens with zero attached hydrogens (tertiary/aromatic N) is 2. The molecule has 5 nitrogen and oxygen atoms in total. The summed E-state index contributed by atoms with van der Waals surface area (Å²) in [5.74, 6) is -0.916. The number of anilines is 1. The summed E-state index contributed by atoms with van der Waals surface area (Å²) in [6.45, 7) is 8.94. The van der Waals surface area contributed by atoms with Crippen molar-refractivity contribution in [1.82, 2.24) is 9.88 Å². The molecule has 1 aromatic rings. The van der Waals surface area contributed by atoms with Crippen LogP contribution < -0.4 is 5.32 Å². The first kappa shape index (κ1) is 14.8. The average Bonchev–Trinajstić information content (AvgIpc) is 2.37. The molecule has 1 fully saturated rings. The zero-order chi connectivity index (χ0) is 14.7. The van der Waals surface area contributed by atoms with E-state index in [0.717, 1.165) is 38.2 Å². The van der Waals surface area contributed by atoms with Crippen LogP contribution in [0, 0.1) is 13.8 Å². The second-order valence-electron chi connectivity index (χ2n) is 5.45. The third kappa shape index (κ3) is 3.28. The summed E-state index contributed by atoms with van der Waals surface area (Å²) in [6, 6.07) is 2.14. The summed E-state index contributed by atoms with van der Waals surface area (Å²) < 4.78 is 0. The highest BCUT2D eigenvalue weighted by molar-refractivity contribution is 5.95. The monoisotopic (exact) mass is 277 g/mol. The molecule has 1 saturated heterocycles. The topological polar surface area (TPSA) is 65.5 Å². The van der Waals surface area contributed by atoms with E-state index in [1.165, 1.54) is 0 Å². The van der Waals surface area contributed by atoms with Gasteiger partial charge in [-0.05, 0) is 45.8 Å². The largest absolute Gasteiger partial charge is 0.478 e. The number of likely N-dealkylation sites (tertiary alicyclic amines) is 1. The molecular formula is C15H23N3O2. The van der Waals surface area contributed by atoms with Gasteiger partial charge in [0, 0.05) is 18.3 Å². The highest BCUT2D eigenvalue weighted by atomic mass is 16.4. The van der Waals surface area contributed by atoms with Gasteiger partial charge in [0.1, 0.15) is 5.56 Å². The van der Waals surface area contributed by atoms with Crippen LogP contribution in [0.4, 0.5) is 5.69 Å². The van der Waals surface area contributed by atoms with Gasteiger partial charge in [0.15, 0.2) is 0 Å². The molecule has 0 spiro atoms. The van der Waals surface area contributed by atoms with Crippen molar-refractivity contribution in [3.63, 3.8) is 0 Å². The minimum Gasteiger partial charge on any atom is -0.478 e. The van der Waals surface area contributed by atoms with Gasteiger partial charge in [-0.3, -0.25) is 4.98 Å². The van der Waals surface area contributed by atoms with Crippen LogP contribution >= 0.6 is 0 Å². The van der Waals surface area contributed by atoms with Gasteiger partial charge in [-0.1, -0.05) is 6.92 Å². The molecule has 1 atom stereocenters. The number of carboxylic acids is 1. The van der Waals surface area contributed by atoms with Crippen molar-refractivity contribution in [2.45, 2.75) is 39.7 Å². The van der Waals surface area contributed by atoms with Crippen molar-refractivity contribution in [2.75, 3.05) is 25.0 Å². The zero-order valence-electron chi connectivity index (χ0n) is 12.4. The molecule has 2 rings (SSSR count). The highest BCUT2D eigenvalue weighted by Crippen LogP contribution is 2.23. The quantitative estimate of drug-likeness (QED) is 0.884. The molecule has 110 valence electrons. The Bertz CT molecular complexity index is 502. The second-order valence-corrected chi connectivity index (χ2v) is 5.45. The normalized spacial score (nSPS) is 19.9. The predicted molar refractivity (Wildman–Crippen MR) is 79.4 cm³/mol. The summed E-state index contributed by atoms with van der Waals surface area (Å²) in [5.41, 5.74) is 2.41. The Hall–Kier alpha value is -1.62. The molecule has 0 aliphatic carbocycles. The minimum absolute atomic E-state index is 0.296. The number of likely N-dealkylation sites (N-methyl/N-ethyl adjacent to an activating group) is 1. The smallest absolute Gasteiger partial charge is 0.339 e. The lowest BCUT2D eigenvalue weighted by molar-refractivity contribution is 0.0696. The van der Waals surface area contributed by atoms with Crippen LogP contribution in [0.25, 0.3) is 0 Å². The molecule has 1 aliphatic heterocycles. The van der Waals surface area contributed by atoms with Gasteiger partial charge in [-0.25, -0.2) is 4.79 Å². The summed E-state index contributed by atoms with van der Waals surface area (Å²) in [5, 5.41) is 12.8. The SMILES string of the molecule is CCN1CCCC(Nc2cc(C)nc(C)c2C(=O)O)C1. The number of pyridine rings is 1. The highest BCUT2D eigenvalue weighted by Gasteiger charge is 2.22. The first-order valence-corrected chi connectivity index (χ1v) is 7.21. The first-order valence-electron chi connectivity index (χ1n) is 7.21. The van der Waals surface area contributed by atoms with Crippen LogP contribution in [-0.4, -0.2) is 46.6 Å². The number of piperidine rings is 1. The lowest BCUT2D eigenvalue weighted by Gasteiger charge is -2.33. The third-order valence-electron chi connectivity index (χ3n) is 3.85. The number of aryl methyl sites for hydroxylation is 2. The Morgan fingerprint density at radius 3 is 2.95 bits per heavy atom. The van der Waals surface area contributed by atoms with Gasteiger partial charge in [0.05, 0.1) is 11.4 Å². The lowest BCUT2D eigenvalue weighted by Crippen LogP contribution is -2.42. The van der Waals surface area contributed by atoms with E-state index in [1.54, 1.807) is 6.92 Å². The van der Waals surface area contributed by atoms with Gasteiger partial charge >= 0.3 is 5.97 Å². The molecule has 5 heteroatoms. The molecule has 1 aromatic heterocycles. The van der Waals surface area contributed by atoms with Crippen molar-refractivity contribution in [2.24, 2.45) is 0 Å². The lowest BCUT2D eigenvalue weighted by atomic mass is 10.0. The summed E-state index contributed by atoms with van der Waals surface area (Å²) >= 11 is 0. The van der Waals surface area contributed by atoms with E-state index in [1.807, 2.05) is 13.0 Å². The van der Waals surface area contributed by atoms with Crippen LogP contribution in [0.5, 0.6) is 0 Å². The van der Waals surface area contributed by atoms with Crippen LogP contribution in [0.2, 0.25) is 0 Å². The van der Waals surface area contributed by atoms with E-state index in [0.29, 0.717) is 23.0 Å². The molecule has 0 amide bonds. The van der Waals surface area contributed by atoms with Crippen molar-refractivity contribution >= 4 is 11.7 Å². The Balaban J connectivity index is 2.22. The Morgan fingerprint density at radius 1 is 1.55 bits per heavy atom. The molecule has 1 unspecified atom stereocenters. The molecule has 0 aromatic carbocycles. The fourth-order valence-corrected chi connectivity index (χ4v) is 2.89. The van der Waals surface area contributed by atoms with Gasteiger partial charge in [0.2, 0.25) is 0 Å². The second kappa shape index (κ2) is 6.22. The van der Waals surface area contributed by atoms with Crippen molar-refractivity contribution < 1.29 is 9.90 Å². The number of rotatable bonds is 4. The average molecular weight is 277 g/mol. The molecule has 20 heavy (non-hydrogen) atoms. The minimum atomic E-state index is -0.916. The summed E-state index contributed by atoms with van der Waals surface area (Å²) in [6.07, 6.45) is 2.23. The van der Waals surface area contributed by atoms with Gasteiger partial charge in [-0.15, -0.1) is 0 Å². The molecule has 2 heterocycles. The zero-order valence-corrected chi connectivity index (χ0v) is 12.4. The number of hydrogen-bond acceptors (Lipinski definition) is 4. The van der Waals surface area contributed by atoms with E-state index in [4.69, 9.17) is 0 Å². The maximum Gasteiger partial charge on any atom is 0.339 e. The van der Waals surface area contributed by atoms with Crippen LogP contribution in [-0.2, 0) is 0 Å². The Labute approximate surface area is 120 Å². The summed E-state index contributed by atoms with van der Waals surface area (Å²) in [4.78, 5) is 18.1. The number of aromatic nitrogens is 1. The van der Waals surface area contributed by atoms with Gasteiger partial charge in [0.25, 0.3) is 0 Å². The predicted octanol–water partition coefficient (Wildman–Crippen LogP) is 2.29. The van der Waals surface area contributed by atoms with Gasteiger partial charge in [-0.2, -0.15) is 0 Å². The first-order chi connectivity index (χ1) is 9.51. The standard InChI is InChI=1S/C15H23N3O2/c1-4-18-7-5-6-12(9-18)17-13-8-10(2)16-11(3)14(13)15(19)20/h8,12H,4-7,9H2,1-3H3,(H,16,17)(H,19,20). The molecule has 0 radical (unpaired) electrons. The van der Waals surface area contributed by atoms with E-state index in [-0.39, 0.29) is 0 Å². The number of hydrogen-bond donors (Lipinski definition) is 2. The van der Waals surface area contributed by atoms with Crippen LogP contribution in [0.15, 0.2) is 6.07 Å². The van der Waals surface area contributed by atoms with Crippen molar-refractivity contribution in [3.8, 4) is 0 Å². The Morgan fingerprint density at radius 2 is 2.30 bits per heavy atom. The molecule has 2 N–H and O–H groups in total. The third-order valence-corrected chi connectivity index (χ3v) is 3.85. The Kier molecular flexibility index (Phi) is 4.60. The number of carboxylic acid groups (broad SMARTS) is 1. The fourth-order valence-electron chi connectivity index (χ4n) is 2.89. The maximum absolute atomic E-state index is 11.4. The number of nitrogens with one attached hydrogen (secondary N) is 1. The summed E-state index contributed by atoms with van der Waals surface area (Å²) in [7, 11) is 0. The van der Waals surface area contributed by atoms with Gasteiger partial charge < -0.3 is 15.3 Å². The molecule has 0 saturated carbocycles. The molecule has 1 aliphatic rings.